The molecule has 0 saturated heterocycles. The summed E-state index contributed by atoms with van der Waals surface area (Å²) in [6.45, 7) is 0. The van der Waals surface area contributed by atoms with Crippen LogP contribution in [0, 0.1) is 23.7 Å². The van der Waals surface area contributed by atoms with Gasteiger partial charge in [-0.15, -0.1) is 0 Å². The van der Waals surface area contributed by atoms with Gasteiger partial charge >= 0.3 is 0 Å². The van der Waals surface area contributed by atoms with Gasteiger partial charge in [0.05, 0.1) is 22.1 Å². The molecule has 8 aromatic carbocycles. The normalized spacial score (nSPS) is 22.4. The monoisotopic (exact) mass is 768 g/mol. The van der Waals surface area contributed by atoms with Crippen molar-refractivity contribution < 1.29 is 0 Å². The fourth-order valence-corrected chi connectivity index (χ4v) is 13.7. The van der Waals surface area contributed by atoms with Gasteiger partial charge in [-0.2, -0.15) is 0 Å². The lowest BCUT2D eigenvalue weighted by molar-refractivity contribution is -0.0399. The first-order valence-corrected chi connectivity index (χ1v) is 22.2. The van der Waals surface area contributed by atoms with Crippen molar-refractivity contribution in [2.45, 2.75) is 37.5 Å². The third-order valence-corrected chi connectivity index (χ3v) is 15.7. The van der Waals surface area contributed by atoms with Gasteiger partial charge in [-0.3, -0.25) is 0 Å². The maximum atomic E-state index is 2.57. The van der Waals surface area contributed by atoms with E-state index in [0.717, 1.165) is 23.7 Å². The second kappa shape index (κ2) is 12.2. The summed E-state index contributed by atoms with van der Waals surface area (Å²) in [4.78, 5) is 0. The molecule has 4 bridgehead atoms. The zero-order valence-electron chi connectivity index (χ0n) is 33.6. The van der Waals surface area contributed by atoms with Gasteiger partial charge in [0.2, 0.25) is 0 Å². The molecule has 286 valence electrons. The van der Waals surface area contributed by atoms with Gasteiger partial charge < -0.3 is 9.13 Å². The van der Waals surface area contributed by atoms with Gasteiger partial charge in [0.25, 0.3) is 0 Å². The van der Waals surface area contributed by atoms with Crippen LogP contribution >= 0.6 is 0 Å². The summed E-state index contributed by atoms with van der Waals surface area (Å²) < 4.78 is 5.01. The number of hydrogen-bond donors (Lipinski definition) is 0. The Kier molecular flexibility index (Phi) is 6.76. The highest BCUT2D eigenvalue weighted by atomic mass is 15.0. The predicted molar refractivity (Wildman–Crippen MR) is 249 cm³/mol. The summed E-state index contributed by atoms with van der Waals surface area (Å²) in [5.41, 5.74) is 18.6. The number of aromatic nitrogens is 2. The van der Waals surface area contributed by atoms with Gasteiger partial charge in [-0.05, 0) is 149 Å². The van der Waals surface area contributed by atoms with Crippen LogP contribution < -0.4 is 0 Å². The Hall–Kier alpha value is -6.64. The maximum absolute atomic E-state index is 2.57. The minimum Gasteiger partial charge on any atom is -0.309 e. The van der Waals surface area contributed by atoms with Crippen LogP contribution in [-0.2, 0) is 5.41 Å². The van der Waals surface area contributed by atoms with E-state index in [1.165, 1.54) is 120 Å². The van der Waals surface area contributed by atoms with Crippen LogP contribution in [0.2, 0.25) is 0 Å². The molecule has 4 saturated carbocycles. The lowest BCUT2D eigenvalue weighted by Crippen LogP contribution is -2.55. The number of para-hydroxylation sites is 2. The molecule has 0 amide bonds. The highest BCUT2D eigenvalue weighted by Gasteiger charge is 2.61. The molecule has 60 heavy (non-hydrogen) atoms. The van der Waals surface area contributed by atoms with E-state index in [0.29, 0.717) is 0 Å². The molecule has 4 fully saturated rings. The van der Waals surface area contributed by atoms with Gasteiger partial charge in [-0.1, -0.05) is 133 Å². The Morgan fingerprint density at radius 3 is 1.78 bits per heavy atom. The molecule has 0 unspecified atom stereocenters. The van der Waals surface area contributed by atoms with Crippen LogP contribution in [-0.4, -0.2) is 9.13 Å². The fraction of sp³-hybridized carbons (Fsp3) is 0.172. The summed E-state index contributed by atoms with van der Waals surface area (Å²) in [5, 5.41) is 5.14. The van der Waals surface area contributed by atoms with E-state index in [4.69, 9.17) is 0 Å². The summed E-state index contributed by atoms with van der Waals surface area (Å²) in [6, 6.07) is 68.8. The quantitative estimate of drug-likeness (QED) is 0.169. The number of rotatable bonds is 4. The first-order valence-electron chi connectivity index (χ1n) is 22.2. The molecule has 0 N–H and O–H groups in total. The van der Waals surface area contributed by atoms with Crippen molar-refractivity contribution in [3.05, 3.63) is 193 Å². The largest absolute Gasteiger partial charge is 0.309 e. The number of benzene rings is 8. The smallest absolute Gasteiger partial charge is 0.0547 e. The van der Waals surface area contributed by atoms with Crippen molar-refractivity contribution in [3.8, 4) is 44.8 Å². The summed E-state index contributed by atoms with van der Waals surface area (Å²) in [6.07, 6.45) is 7.10. The Morgan fingerprint density at radius 1 is 0.350 bits per heavy atom. The summed E-state index contributed by atoms with van der Waals surface area (Å²) >= 11 is 0. The number of fused-ring (bicyclic) bond motifs is 9. The molecular formula is C58H44N2. The van der Waals surface area contributed by atoms with Crippen LogP contribution in [0.4, 0.5) is 0 Å². The third kappa shape index (κ3) is 4.38. The maximum Gasteiger partial charge on any atom is 0.0547 e. The Bertz CT molecular complexity index is 3370. The number of nitrogens with zero attached hydrogens (tertiary/aromatic N) is 2. The van der Waals surface area contributed by atoms with Gasteiger partial charge in [-0.25, -0.2) is 0 Å². The molecule has 5 aliphatic rings. The third-order valence-electron chi connectivity index (χ3n) is 15.7. The Labute approximate surface area is 350 Å². The highest BCUT2D eigenvalue weighted by molar-refractivity contribution is 6.17. The van der Waals surface area contributed by atoms with E-state index in [-0.39, 0.29) is 5.41 Å². The Balaban J connectivity index is 0.966. The van der Waals surface area contributed by atoms with Crippen LogP contribution in [0.25, 0.3) is 88.4 Å². The number of hydrogen-bond acceptors (Lipinski definition) is 0. The topological polar surface area (TPSA) is 9.86 Å². The minimum absolute atomic E-state index is 0.173. The van der Waals surface area contributed by atoms with E-state index >= 15 is 0 Å². The summed E-state index contributed by atoms with van der Waals surface area (Å²) in [5.74, 6) is 3.40. The summed E-state index contributed by atoms with van der Waals surface area (Å²) in [7, 11) is 0. The zero-order chi connectivity index (χ0) is 39.1. The molecule has 5 aliphatic carbocycles. The van der Waals surface area contributed by atoms with Crippen LogP contribution in [0.1, 0.15) is 43.2 Å². The van der Waals surface area contributed by atoms with E-state index < -0.39 is 0 Å². The lowest BCUT2D eigenvalue weighted by Gasteiger charge is -2.61. The second-order valence-electron chi connectivity index (χ2n) is 18.5. The Morgan fingerprint density at radius 2 is 0.950 bits per heavy atom. The van der Waals surface area contributed by atoms with Gasteiger partial charge in [0.15, 0.2) is 0 Å². The van der Waals surface area contributed by atoms with E-state index in [9.17, 15) is 0 Å². The van der Waals surface area contributed by atoms with Crippen LogP contribution in [0.3, 0.4) is 0 Å². The van der Waals surface area contributed by atoms with Crippen molar-refractivity contribution in [1.82, 2.24) is 9.13 Å². The predicted octanol–water partition coefficient (Wildman–Crippen LogP) is 14.9. The molecule has 0 atom stereocenters. The molecule has 10 aromatic rings. The zero-order valence-corrected chi connectivity index (χ0v) is 33.6. The fourth-order valence-electron chi connectivity index (χ4n) is 13.7. The molecule has 2 aromatic heterocycles. The molecule has 0 aliphatic heterocycles. The average molecular weight is 769 g/mol. The van der Waals surface area contributed by atoms with Crippen molar-refractivity contribution >= 4 is 43.6 Å². The molecular weight excluding hydrogens is 725 g/mol. The van der Waals surface area contributed by atoms with Crippen molar-refractivity contribution in [2.75, 3.05) is 0 Å². The van der Waals surface area contributed by atoms with Crippen molar-refractivity contribution in [2.24, 2.45) is 23.7 Å². The highest BCUT2D eigenvalue weighted by Crippen LogP contribution is 2.69. The molecule has 2 heteroatoms. The van der Waals surface area contributed by atoms with Crippen molar-refractivity contribution in [1.29, 1.82) is 0 Å². The lowest BCUT2D eigenvalue weighted by atomic mass is 9.43. The first kappa shape index (κ1) is 33.2. The molecule has 0 radical (unpaired) electrons. The van der Waals surface area contributed by atoms with Crippen LogP contribution in [0.5, 0.6) is 0 Å². The van der Waals surface area contributed by atoms with Gasteiger partial charge in [0.1, 0.15) is 0 Å². The first-order chi connectivity index (χ1) is 29.7. The van der Waals surface area contributed by atoms with E-state index in [1.54, 1.807) is 11.1 Å². The minimum atomic E-state index is 0.173. The molecule has 1 spiro atoms. The SMILES string of the molecule is c1ccc(-c2cccc(-n3c4ccccc4c4c(-c5ccc6c7ccccc7n(-c7ccc8c(c7)-c7ccccc7C87C8CC9CC(C8)CC7C9)c6c5)cccc43)c2)cc1. The molecule has 15 rings (SSSR count). The van der Waals surface area contributed by atoms with Gasteiger partial charge in [0, 0.05) is 38.3 Å². The second-order valence-corrected chi connectivity index (χ2v) is 18.5. The molecule has 2 heterocycles. The standard InChI is InChI=1S/C58H44N2/c1-2-12-38(13-3-1)39-14-10-15-43(33-39)59-54-22-9-6-18-49(54)57-45(19-11-23-55(57)59)40-24-26-48-47-17-5-8-21-53(47)60(56(48)34-40)44-25-27-52-50(35-44)46-16-4-7-20-51(46)58(52)41-29-36-28-37(31-41)32-42(58)30-36/h1-27,33-37,41-42H,28-32H2. The van der Waals surface area contributed by atoms with Crippen LogP contribution in [0.15, 0.2) is 182 Å². The van der Waals surface area contributed by atoms with E-state index in [1.807, 2.05) is 0 Å². The molecule has 2 nitrogen and oxygen atoms in total. The average Bonchev–Trinajstić information content (AvgIpc) is 3.92. The van der Waals surface area contributed by atoms with E-state index in [2.05, 4.69) is 191 Å². The van der Waals surface area contributed by atoms with Crippen molar-refractivity contribution in [3.63, 3.8) is 0 Å².